The molecule has 3 heterocycles. The SMILES string of the molecule is Cc1nc(C(=O)Nc2ccc(F)c(F)c2)cc(N2CCC3(CC2)OCCO3)n1. The van der Waals surface area contributed by atoms with Gasteiger partial charge in [0.15, 0.2) is 17.4 Å². The van der Waals surface area contributed by atoms with Gasteiger partial charge in [-0.05, 0) is 19.1 Å². The van der Waals surface area contributed by atoms with Crippen LogP contribution in [0.3, 0.4) is 0 Å². The van der Waals surface area contributed by atoms with Gasteiger partial charge >= 0.3 is 0 Å². The van der Waals surface area contributed by atoms with E-state index in [-0.39, 0.29) is 11.4 Å². The fourth-order valence-corrected chi connectivity index (χ4v) is 3.46. The standard InChI is InChI=1S/C19H20F2N4O3/c1-12-22-16(18(26)24-13-2-3-14(20)15(21)10-13)11-17(23-12)25-6-4-19(5-7-25)27-8-9-28-19/h2-3,10-11H,4-9H2,1H3,(H,24,26). The Labute approximate surface area is 160 Å². The molecule has 28 heavy (non-hydrogen) atoms. The Morgan fingerprint density at radius 3 is 2.50 bits per heavy atom. The van der Waals surface area contributed by atoms with Crippen molar-refractivity contribution in [3.8, 4) is 0 Å². The first-order chi connectivity index (χ1) is 13.4. The number of rotatable bonds is 3. The molecule has 2 saturated heterocycles. The number of aromatic nitrogens is 2. The molecule has 9 heteroatoms. The van der Waals surface area contributed by atoms with Crippen molar-refractivity contribution in [2.45, 2.75) is 25.6 Å². The molecule has 0 atom stereocenters. The van der Waals surface area contributed by atoms with E-state index in [0.717, 1.165) is 12.1 Å². The second-order valence-corrected chi connectivity index (χ2v) is 6.84. The summed E-state index contributed by atoms with van der Waals surface area (Å²) in [4.78, 5) is 23.2. The quantitative estimate of drug-likeness (QED) is 0.868. The Balaban J connectivity index is 1.49. The molecule has 1 aromatic heterocycles. The third kappa shape index (κ3) is 3.81. The Morgan fingerprint density at radius 1 is 1.11 bits per heavy atom. The van der Waals surface area contributed by atoms with Crippen molar-refractivity contribution in [2.24, 2.45) is 0 Å². The molecule has 0 bridgehead atoms. The third-order valence-electron chi connectivity index (χ3n) is 4.90. The van der Waals surface area contributed by atoms with Crippen LogP contribution < -0.4 is 10.2 Å². The number of hydrogen-bond donors (Lipinski definition) is 1. The highest BCUT2D eigenvalue weighted by Gasteiger charge is 2.40. The van der Waals surface area contributed by atoms with Crippen molar-refractivity contribution in [1.82, 2.24) is 9.97 Å². The molecule has 0 saturated carbocycles. The van der Waals surface area contributed by atoms with E-state index in [1.807, 2.05) is 0 Å². The summed E-state index contributed by atoms with van der Waals surface area (Å²) in [5.41, 5.74) is 0.304. The predicted octanol–water partition coefficient (Wildman–Crippen LogP) is 2.66. The average molecular weight is 390 g/mol. The van der Waals surface area contributed by atoms with Crippen molar-refractivity contribution in [2.75, 3.05) is 36.5 Å². The van der Waals surface area contributed by atoms with Gasteiger partial charge in [-0.2, -0.15) is 0 Å². The van der Waals surface area contributed by atoms with Crippen LogP contribution in [-0.2, 0) is 9.47 Å². The number of hydrogen-bond acceptors (Lipinski definition) is 6. The number of halogens is 2. The van der Waals surface area contributed by atoms with E-state index >= 15 is 0 Å². The molecule has 1 aromatic carbocycles. The molecule has 0 unspecified atom stereocenters. The largest absolute Gasteiger partial charge is 0.356 e. The van der Waals surface area contributed by atoms with Gasteiger partial charge in [-0.1, -0.05) is 0 Å². The van der Waals surface area contributed by atoms with Gasteiger partial charge < -0.3 is 19.7 Å². The Hall–Kier alpha value is -2.65. The van der Waals surface area contributed by atoms with Gasteiger partial charge in [0, 0.05) is 43.8 Å². The van der Waals surface area contributed by atoms with Gasteiger partial charge in [0.2, 0.25) is 0 Å². The number of benzene rings is 1. The van der Waals surface area contributed by atoms with Crippen molar-refractivity contribution >= 4 is 17.4 Å². The van der Waals surface area contributed by atoms with Gasteiger partial charge in [0.1, 0.15) is 17.3 Å². The maximum Gasteiger partial charge on any atom is 0.274 e. The van der Waals surface area contributed by atoms with Crippen molar-refractivity contribution in [3.63, 3.8) is 0 Å². The minimum atomic E-state index is -1.03. The zero-order chi connectivity index (χ0) is 19.7. The fraction of sp³-hybridized carbons (Fsp3) is 0.421. The van der Waals surface area contributed by atoms with Gasteiger partial charge in [-0.25, -0.2) is 18.7 Å². The average Bonchev–Trinajstić information content (AvgIpc) is 3.13. The summed E-state index contributed by atoms with van der Waals surface area (Å²) in [6.07, 6.45) is 1.43. The Bertz CT molecular complexity index is 893. The van der Waals surface area contributed by atoms with Crippen LogP contribution in [0.2, 0.25) is 0 Å². The van der Waals surface area contributed by atoms with E-state index in [1.54, 1.807) is 13.0 Å². The number of piperidine rings is 1. The first-order valence-electron chi connectivity index (χ1n) is 9.09. The molecule has 7 nitrogen and oxygen atoms in total. The second-order valence-electron chi connectivity index (χ2n) is 6.84. The summed E-state index contributed by atoms with van der Waals surface area (Å²) in [5.74, 6) is -1.94. The van der Waals surface area contributed by atoms with E-state index in [1.165, 1.54) is 6.07 Å². The number of carbonyl (C=O) groups is 1. The van der Waals surface area contributed by atoms with E-state index in [2.05, 4.69) is 20.2 Å². The number of carbonyl (C=O) groups excluding carboxylic acids is 1. The van der Waals surface area contributed by atoms with Gasteiger partial charge in [-0.3, -0.25) is 4.79 Å². The number of nitrogens with one attached hydrogen (secondary N) is 1. The van der Waals surface area contributed by atoms with Crippen LogP contribution in [0.4, 0.5) is 20.3 Å². The van der Waals surface area contributed by atoms with Crippen LogP contribution in [0.15, 0.2) is 24.3 Å². The lowest BCUT2D eigenvalue weighted by atomic mass is 10.0. The molecular weight excluding hydrogens is 370 g/mol. The zero-order valence-electron chi connectivity index (χ0n) is 15.4. The molecule has 2 aliphatic rings. The van der Waals surface area contributed by atoms with Crippen LogP contribution in [0.5, 0.6) is 0 Å². The molecule has 1 spiro atoms. The highest BCUT2D eigenvalue weighted by atomic mass is 19.2. The molecule has 1 amide bonds. The molecule has 2 aliphatic heterocycles. The molecule has 0 radical (unpaired) electrons. The highest BCUT2D eigenvalue weighted by Crippen LogP contribution is 2.32. The van der Waals surface area contributed by atoms with Gasteiger partial charge in [0.25, 0.3) is 5.91 Å². The van der Waals surface area contributed by atoms with E-state index in [0.29, 0.717) is 50.8 Å². The summed E-state index contributed by atoms with van der Waals surface area (Å²) in [7, 11) is 0. The first kappa shape index (κ1) is 18.7. The lowest BCUT2D eigenvalue weighted by Crippen LogP contribution is -2.45. The molecule has 1 N–H and O–H groups in total. The van der Waals surface area contributed by atoms with Gasteiger partial charge in [-0.15, -0.1) is 0 Å². The zero-order valence-corrected chi connectivity index (χ0v) is 15.4. The number of aryl methyl sites for hydroxylation is 1. The molecule has 2 aromatic rings. The lowest BCUT2D eigenvalue weighted by molar-refractivity contribution is -0.169. The maximum absolute atomic E-state index is 13.3. The van der Waals surface area contributed by atoms with Crippen LogP contribution in [0.25, 0.3) is 0 Å². The Morgan fingerprint density at radius 2 is 1.82 bits per heavy atom. The minimum absolute atomic E-state index is 0.150. The lowest BCUT2D eigenvalue weighted by Gasteiger charge is -2.38. The number of ether oxygens (including phenoxy) is 2. The molecule has 2 fully saturated rings. The minimum Gasteiger partial charge on any atom is -0.356 e. The smallest absolute Gasteiger partial charge is 0.274 e. The van der Waals surface area contributed by atoms with Gasteiger partial charge in [0.05, 0.1) is 13.2 Å². The van der Waals surface area contributed by atoms with Crippen molar-refractivity contribution < 1.29 is 23.0 Å². The normalized spacial score (nSPS) is 18.5. The second kappa shape index (κ2) is 7.40. The van der Waals surface area contributed by atoms with E-state index < -0.39 is 23.3 Å². The van der Waals surface area contributed by atoms with Crippen LogP contribution in [-0.4, -0.2) is 48.0 Å². The molecule has 148 valence electrons. The highest BCUT2D eigenvalue weighted by molar-refractivity contribution is 6.03. The van der Waals surface area contributed by atoms with Crippen LogP contribution in [0.1, 0.15) is 29.2 Å². The molecule has 0 aliphatic carbocycles. The summed E-state index contributed by atoms with van der Waals surface area (Å²) in [6, 6.07) is 4.76. The number of amides is 1. The topological polar surface area (TPSA) is 76.6 Å². The predicted molar refractivity (Wildman–Crippen MR) is 97.2 cm³/mol. The first-order valence-corrected chi connectivity index (χ1v) is 9.09. The molecular formula is C19H20F2N4O3. The van der Waals surface area contributed by atoms with Crippen molar-refractivity contribution in [1.29, 1.82) is 0 Å². The van der Waals surface area contributed by atoms with Crippen molar-refractivity contribution in [3.05, 3.63) is 47.4 Å². The summed E-state index contributed by atoms with van der Waals surface area (Å²) >= 11 is 0. The maximum atomic E-state index is 13.3. The van der Waals surface area contributed by atoms with E-state index in [4.69, 9.17) is 9.47 Å². The number of nitrogens with zero attached hydrogens (tertiary/aromatic N) is 3. The van der Waals surface area contributed by atoms with Crippen LogP contribution in [0, 0.1) is 18.6 Å². The summed E-state index contributed by atoms with van der Waals surface area (Å²) < 4.78 is 37.9. The molecule has 4 rings (SSSR count). The fourth-order valence-electron chi connectivity index (χ4n) is 3.46. The Kier molecular flexibility index (Phi) is 4.94. The third-order valence-corrected chi connectivity index (χ3v) is 4.90. The van der Waals surface area contributed by atoms with E-state index in [9.17, 15) is 13.6 Å². The number of anilines is 2. The summed E-state index contributed by atoms with van der Waals surface area (Å²) in [6.45, 7) is 4.29. The van der Waals surface area contributed by atoms with Crippen LogP contribution >= 0.6 is 0 Å². The summed E-state index contributed by atoms with van der Waals surface area (Å²) in [5, 5.41) is 2.53. The monoisotopic (exact) mass is 390 g/mol.